The van der Waals surface area contributed by atoms with E-state index in [2.05, 4.69) is 46.8 Å². The number of nitrogens with zero attached hydrogens (tertiary/aromatic N) is 1. The molecule has 4 aromatic carbocycles. The lowest BCUT2D eigenvalue weighted by Crippen LogP contribution is -2.63. The second-order valence-electron chi connectivity index (χ2n) is 28.0. The van der Waals surface area contributed by atoms with E-state index in [0.717, 1.165) is 54.4 Å². The van der Waals surface area contributed by atoms with Crippen LogP contribution in [0.3, 0.4) is 0 Å². The Bertz CT molecular complexity index is 3930. The van der Waals surface area contributed by atoms with E-state index in [4.69, 9.17) is 23.7 Å². The lowest BCUT2D eigenvalue weighted by atomic mass is 9.46. The summed E-state index contributed by atoms with van der Waals surface area (Å²) in [5.74, 6) is 0.180. The highest BCUT2D eigenvalue weighted by atomic mass is 16.7. The van der Waals surface area contributed by atoms with E-state index in [9.17, 15) is 69.0 Å². The summed E-state index contributed by atoms with van der Waals surface area (Å²) in [7, 11) is 0. The Hall–Kier alpha value is -8.44. The molecule has 0 radical (unpaired) electrons. The molecule has 4 aromatic rings. The fraction of sp³-hybridized carbons (Fsp3) is 0.479. The summed E-state index contributed by atoms with van der Waals surface area (Å²) in [4.78, 5) is 107. The molecule has 0 spiro atoms. The number of hydrogen-bond acceptors (Lipinski definition) is 18. The summed E-state index contributed by atoms with van der Waals surface area (Å²) >= 11 is 0. The quantitative estimate of drug-likeness (QED) is 0.0339. The molecule has 23 nitrogen and oxygen atoms in total. The summed E-state index contributed by atoms with van der Waals surface area (Å²) < 4.78 is 30.5. The number of allylic oxidation sites excluding steroid dienone is 4. The number of carboxylic acids is 1. The highest BCUT2D eigenvalue weighted by molar-refractivity contribution is 6.40. The second-order valence-corrected chi connectivity index (χ2v) is 28.0. The summed E-state index contributed by atoms with van der Waals surface area (Å²) in [6, 6.07) is 26.5. The second kappa shape index (κ2) is 25.9. The van der Waals surface area contributed by atoms with Crippen molar-refractivity contribution in [3.8, 4) is 17.6 Å². The van der Waals surface area contributed by atoms with Gasteiger partial charge in [-0.2, -0.15) is 0 Å². The van der Waals surface area contributed by atoms with Crippen LogP contribution in [-0.4, -0.2) is 145 Å². The van der Waals surface area contributed by atoms with E-state index in [1.54, 1.807) is 36.4 Å². The number of aliphatic hydroxyl groups is 5. The van der Waals surface area contributed by atoms with Crippen molar-refractivity contribution in [2.75, 3.05) is 23.4 Å². The minimum Gasteiger partial charge on any atom is -0.479 e. The van der Waals surface area contributed by atoms with Gasteiger partial charge in [-0.05, 0) is 147 Å². The first-order chi connectivity index (χ1) is 45.9. The molecule has 9 N–H and O–H groups in total. The van der Waals surface area contributed by atoms with Gasteiger partial charge in [-0.3, -0.25) is 28.8 Å². The van der Waals surface area contributed by atoms with Crippen molar-refractivity contribution in [3.05, 3.63) is 148 Å². The average Bonchev–Trinajstić information content (AvgIpc) is 1.49. The number of carbonyl (C=O) groups is 8. The molecule has 14 rings (SSSR count). The average molecular weight is 1320 g/mol. The molecule has 3 aliphatic heterocycles. The van der Waals surface area contributed by atoms with Crippen LogP contribution in [0.15, 0.2) is 115 Å². The highest BCUT2D eigenvalue weighted by Gasteiger charge is 2.76. The molecule has 2 bridgehead atoms. The molecule has 504 valence electrons. The molecule has 2 saturated heterocycles. The zero-order chi connectivity index (χ0) is 67.6. The Balaban J connectivity index is 0.612. The van der Waals surface area contributed by atoms with Gasteiger partial charge in [0.25, 0.3) is 5.91 Å². The number of fused-ring (bicyclic) bond motifs is 12. The molecule has 4 amide bonds. The number of ketones is 3. The van der Waals surface area contributed by atoms with Crippen molar-refractivity contribution in [1.29, 1.82) is 0 Å². The van der Waals surface area contributed by atoms with Gasteiger partial charge in [-0.1, -0.05) is 98.0 Å². The van der Waals surface area contributed by atoms with Gasteiger partial charge in [0.2, 0.25) is 23.9 Å². The summed E-state index contributed by atoms with van der Waals surface area (Å²) in [5, 5.41) is 72.0. The Morgan fingerprint density at radius 3 is 2.26 bits per heavy atom. The predicted molar refractivity (Wildman–Crippen MR) is 341 cm³/mol. The summed E-state index contributed by atoms with van der Waals surface area (Å²) in [6.07, 6.45) is -1.06. The molecule has 0 unspecified atom stereocenters. The number of ether oxygens (including phenoxy) is 5. The highest BCUT2D eigenvalue weighted by Crippen LogP contribution is 2.70. The van der Waals surface area contributed by atoms with E-state index >= 15 is 0 Å². The van der Waals surface area contributed by atoms with Crippen LogP contribution in [-0.2, 0) is 72.1 Å². The molecule has 7 aliphatic carbocycles. The van der Waals surface area contributed by atoms with Crippen LogP contribution < -0.4 is 25.6 Å². The van der Waals surface area contributed by atoms with Gasteiger partial charge in [0.15, 0.2) is 29.6 Å². The van der Waals surface area contributed by atoms with E-state index in [-0.39, 0.29) is 66.5 Å². The molecule has 10 aliphatic rings. The van der Waals surface area contributed by atoms with Gasteiger partial charge < -0.3 is 75.2 Å². The van der Waals surface area contributed by atoms with Gasteiger partial charge in [0.05, 0.1) is 36.5 Å². The largest absolute Gasteiger partial charge is 0.479 e. The number of rotatable bonds is 18. The SMILES string of the molecule is C[C@]12C=CC(=O)C=C1CC[C@@H]1[C@@H]2[C@@H](O)C[C@@]2(C)[C@H]1C[C@H]1O[C@@H](c3ccc(CC45CCC(NC(=O)OCc6ccc(O[C@@H]7O[C@H](C(=O)O)[C@@H](O)[C@H](O)[C@H]7O)c(NC(=O)CCNC(=O)C(=O)CC(=O)N7Cc8ccccc8C#Cc8ccccc87)c6)(CC4)CC5)cc3)O[C@]12C(=O)CO. The van der Waals surface area contributed by atoms with Crippen molar-refractivity contribution < 1.29 is 92.7 Å². The fourth-order valence-corrected chi connectivity index (χ4v) is 17.4. The van der Waals surface area contributed by atoms with Crippen LogP contribution in [0.5, 0.6) is 5.75 Å². The number of carboxylic acid groups (broad SMARTS) is 1. The van der Waals surface area contributed by atoms with E-state index in [0.29, 0.717) is 54.5 Å². The standard InChI is InChI=1S/C73H78N4O19/c1-69-23-21-47(79)32-46(69)18-19-48-49-33-56-73(55(82)38-78,70(49,2)36-53(81)59(48)69)96-66(94-56)44-14-11-40(12-15-44)35-71-24-27-72(28-25-71,29-26-71)76-68(91)92-39-41-13-20-54(93-67-62(87)60(85)61(86)63(95-67)65(89)90)50(31-41)75-57(83)22-30-74-64(88)52(80)34-58(84)77-37-45-9-4-3-7-42(45)16-17-43-8-5-6-10-51(43)77/h3-15,20-21,23,31-32,48-49,53,56,59-63,66-67,78,81,85-87H,18-19,22,24-30,33-39H2,1-2H3,(H,74,88)(H,75,83)(H,76,91)(H,89,90)/t48-,49-,53-,56+,59+,60-,61-,62+,63-,66+,67+,69-,70-,71?,72?,73+/m0/s1. The molecule has 3 heterocycles. The number of benzene rings is 4. The van der Waals surface area contributed by atoms with Gasteiger partial charge in [0.1, 0.15) is 37.3 Å². The first kappa shape index (κ1) is 66.2. The van der Waals surface area contributed by atoms with Gasteiger partial charge in [0, 0.05) is 51.9 Å². The molecular weight excluding hydrogens is 1240 g/mol. The number of para-hydroxylation sites is 1. The van der Waals surface area contributed by atoms with Crippen molar-refractivity contribution in [1.82, 2.24) is 10.6 Å². The van der Waals surface area contributed by atoms with E-state index < -0.39 is 132 Å². The summed E-state index contributed by atoms with van der Waals surface area (Å²) in [5.41, 5.74) is 2.30. The Labute approximate surface area is 553 Å². The maximum atomic E-state index is 14.2. The van der Waals surface area contributed by atoms with Crippen LogP contribution >= 0.6 is 0 Å². The number of carbonyl (C=O) groups excluding carboxylic acids is 7. The third-order valence-electron chi connectivity index (χ3n) is 22.5. The van der Waals surface area contributed by atoms with Crippen molar-refractivity contribution in [2.45, 2.75) is 171 Å². The first-order valence-electron chi connectivity index (χ1n) is 32.9. The molecule has 8 fully saturated rings. The number of aliphatic hydroxyl groups excluding tert-OH is 5. The Morgan fingerprint density at radius 2 is 1.52 bits per heavy atom. The molecule has 23 heteroatoms. The third-order valence-corrected chi connectivity index (χ3v) is 22.5. The normalized spacial score (nSPS) is 33.5. The number of hydrogen-bond donors (Lipinski definition) is 9. The lowest BCUT2D eigenvalue weighted by molar-refractivity contribution is -0.271. The summed E-state index contributed by atoms with van der Waals surface area (Å²) in [6.45, 7) is 2.82. The molecule has 14 atom stereocenters. The zero-order valence-corrected chi connectivity index (χ0v) is 53.2. The first-order valence-corrected chi connectivity index (χ1v) is 32.9. The van der Waals surface area contributed by atoms with E-state index in [1.807, 2.05) is 49.4 Å². The van der Waals surface area contributed by atoms with Crippen LogP contribution in [0.1, 0.15) is 131 Å². The minimum atomic E-state index is -2.01. The molecule has 0 aromatic heterocycles. The monoisotopic (exact) mass is 1310 g/mol. The third kappa shape index (κ3) is 12.0. The van der Waals surface area contributed by atoms with Crippen molar-refractivity contribution in [3.63, 3.8) is 0 Å². The molecular formula is C73H78N4O19. The van der Waals surface area contributed by atoms with Gasteiger partial charge >= 0.3 is 12.1 Å². The smallest absolute Gasteiger partial charge is 0.407 e. The number of alkyl carbamates (subject to hydrolysis) is 1. The Kier molecular flexibility index (Phi) is 17.8. The number of amides is 4. The lowest BCUT2D eigenvalue weighted by Gasteiger charge is -2.59. The fourth-order valence-electron chi connectivity index (χ4n) is 17.4. The predicted octanol–water partition coefficient (Wildman–Crippen LogP) is 5.47. The van der Waals surface area contributed by atoms with Crippen LogP contribution in [0.4, 0.5) is 16.2 Å². The number of aliphatic carboxylic acids is 1. The van der Waals surface area contributed by atoms with Crippen molar-refractivity contribution >= 4 is 58.5 Å². The van der Waals surface area contributed by atoms with Crippen LogP contribution in [0.25, 0.3) is 0 Å². The molecule has 96 heavy (non-hydrogen) atoms. The van der Waals surface area contributed by atoms with Gasteiger partial charge in [-0.25, -0.2) is 9.59 Å². The van der Waals surface area contributed by atoms with Crippen LogP contribution in [0, 0.1) is 45.8 Å². The zero-order valence-electron chi connectivity index (χ0n) is 53.2. The minimum absolute atomic E-state index is 0.0207. The number of Topliss-reactive ketones (excluding diaryl/α,β-unsaturated/α-hetero) is 2. The number of nitrogens with one attached hydrogen (secondary N) is 3. The maximum absolute atomic E-state index is 14.2. The topological polar surface area (TPSA) is 343 Å². The maximum Gasteiger partial charge on any atom is 0.407 e. The van der Waals surface area contributed by atoms with Crippen molar-refractivity contribution in [2.24, 2.45) is 34.0 Å². The van der Waals surface area contributed by atoms with E-state index in [1.165, 1.54) is 23.1 Å². The van der Waals surface area contributed by atoms with Crippen LogP contribution in [0.2, 0.25) is 0 Å². The number of anilines is 2. The molecule has 6 saturated carbocycles. The van der Waals surface area contributed by atoms with Gasteiger partial charge in [-0.15, -0.1) is 0 Å². The Morgan fingerprint density at radius 1 is 0.812 bits per heavy atom.